The van der Waals surface area contributed by atoms with Crippen LogP contribution in [0, 0.1) is 5.92 Å². The van der Waals surface area contributed by atoms with Gasteiger partial charge in [0, 0.05) is 34.3 Å². The Balaban J connectivity index is 1.47. The number of nitrogens with two attached hydrogens (primary N) is 1. The number of aromatic carboxylic acids is 1. The Morgan fingerprint density at radius 1 is 1.02 bits per heavy atom. The molecule has 0 atom stereocenters. The van der Waals surface area contributed by atoms with E-state index in [-0.39, 0.29) is 10.6 Å². The van der Waals surface area contributed by atoms with Crippen LogP contribution in [-0.4, -0.2) is 34.3 Å². The highest BCUT2D eigenvalue weighted by Gasteiger charge is 2.29. The number of carboxylic acids is 1. The van der Waals surface area contributed by atoms with Gasteiger partial charge in [-0.05, 0) is 67.1 Å². The van der Waals surface area contributed by atoms with Gasteiger partial charge in [-0.15, -0.1) is 11.3 Å². The molecule has 2 aromatic heterocycles. The maximum Gasteiger partial charge on any atom is 0.355 e. The van der Waals surface area contributed by atoms with Crippen molar-refractivity contribution in [3.8, 4) is 16.4 Å². The molecule has 0 aliphatic heterocycles. The van der Waals surface area contributed by atoms with Crippen molar-refractivity contribution in [2.24, 2.45) is 11.1 Å². The lowest BCUT2D eigenvalue weighted by Gasteiger charge is -2.10. The van der Waals surface area contributed by atoms with E-state index < -0.39 is 16.0 Å². The third kappa shape index (κ3) is 6.07. The molecule has 41 heavy (non-hydrogen) atoms. The first-order valence-corrected chi connectivity index (χ1v) is 15.5. The molecule has 11 heteroatoms. The first-order chi connectivity index (χ1) is 19.7. The summed E-state index contributed by atoms with van der Waals surface area (Å²) in [6.07, 6.45) is 3.52. The highest BCUT2D eigenvalue weighted by molar-refractivity contribution is 7.89. The molecule has 0 saturated heterocycles. The summed E-state index contributed by atoms with van der Waals surface area (Å²) in [5.74, 6) is -0.565. The molecular weight excluding hydrogens is 558 g/mol. The lowest BCUT2D eigenvalue weighted by atomic mass is 9.97. The molecule has 1 aliphatic rings. The second kappa shape index (κ2) is 10.9. The van der Waals surface area contributed by atoms with Gasteiger partial charge in [0.25, 0.3) is 0 Å². The minimum absolute atomic E-state index is 0.0198. The molecule has 4 N–H and O–H groups in total. The van der Waals surface area contributed by atoms with Crippen LogP contribution in [0.2, 0.25) is 0 Å². The number of sulfonamides is 1. The van der Waals surface area contributed by atoms with E-state index in [2.05, 4.69) is 10.3 Å². The maximum absolute atomic E-state index is 11.8. The number of carbonyl (C=O) groups is 1. The van der Waals surface area contributed by atoms with Crippen LogP contribution in [0.4, 0.5) is 11.4 Å². The number of nitrogens with zero attached hydrogens (tertiary/aromatic N) is 3. The number of nitrogens with one attached hydrogen (secondary N) is 1. The standard InChI is InChI=1S/C30H27N5O4S2/c31-41(38,39)24-13-11-19(12-14-24)15-25-27(16-20-9-10-20)35(30-33-26(18-40-30)29(36)37)34-28(25)21-5-4-8-23(17-21)32-22-6-2-1-3-7-22/h1-8,11-14,17-18,20,32H,9-10,15-16H2,(H,36,37)(H2,31,38,39). The van der Waals surface area contributed by atoms with E-state index in [0.29, 0.717) is 17.5 Å². The molecule has 1 saturated carbocycles. The molecule has 0 radical (unpaired) electrons. The van der Waals surface area contributed by atoms with Gasteiger partial charge in [0.1, 0.15) is 0 Å². The number of hydrogen-bond donors (Lipinski definition) is 3. The lowest BCUT2D eigenvalue weighted by Crippen LogP contribution is -2.12. The van der Waals surface area contributed by atoms with Crippen LogP contribution in [0.3, 0.4) is 0 Å². The molecule has 1 aliphatic carbocycles. The van der Waals surface area contributed by atoms with Crippen molar-refractivity contribution in [3.63, 3.8) is 0 Å². The quantitative estimate of drug-likeness (QED) is 0.193. The van der Waals surface area contributed by atoms with Gasteiger partial charge in [0.05, 0.1) is 16.3 Å². The van der Waals surface area contributed by atoms with Crippen molar-refractivity contribution in [1.29, 1.82) is 0 Å². The van der Waals surface area contributed by atoms with Crippen LogP contribution in [0.25, 0.3) is 16.4 Å². The van der Waals surface area contributed by atoms with Gasteiger partial charge in [-0.3, -0.25) is 0 Å². The molecule has 0 bridgehead atoms. The minimum atomic E-state index is -3.80. The first kappa shape index (κ1) is 26.9. The lowest BCUT2D eigenvalue weighted by molar-refractivity contribution is 0.0691. The minimum Gasteiger partial charge on any atom is -0.476 e. The smallest absolute Gasteiger partial charge is 0.355 e. The molecule has 0 amide bonds. The van der Waals surface area contributed by atoms with Gasteiger partial charge in [0.15, 0.2) is 5.69 Å². The van der Waals surface area contributed by atoms with Gasteiger partial charge in [-0.2, -0.15) is 5.10 Å². The van der Waals surface area contributed by atoms with E-state index in [1.165, 1.54) is 28.8 Å². The highest BCUT2D eigenvalue weighted by Crippen LogP contribution is 2.38. The van der Waals surface area contributed by atoms with Gasteiger partial charge >= 0.3 is 5.97 Å². The summed E-state index contributed by atoms with van der Waals surface area (Å²) in [7, 11) is -3.80. The number of carboxylic acid groups (broad SMARTS) is 1. The Hall–Kier alpha value is -4.32. The monoisotopic (exact) mass is 585 g/mol. The molecule has 9 nitrogen and oxygen atoms in total. The van der Waals surface area contributed by atoms with Crippen molar-refractivity contribution in [3.05, 3.63) is 107 Å². The fourth-order valence-corrected chi connectivity index (χ4v) is 6.05. The summed E-state index contributed by atoms with van der Waals surface area (Å²) in [6.45, 7) is 0. The molecule has 3 aromatic carbocycles. The van der Waals surface area contributed by atoms with Gasteiger partial charge < -0.3 is 10.4 Å². The van der Waals surface area contributed by atoms with E-state index in [0.717, 1.165) is 58.7 Å². The van der Waals surface area contributed by atoms with Crippen molar-refractivity contribution >= 4 is 38.7 Å². The largest absolute Gasteiger partial charge is 0.476 e. The van der Waals surface area contributed by atoms with E-state index in [9.17, 15) is 18.3 Å². The predicted octanol–water partition coefficient (Wildman–Crippen LogP) is 5.63. The number of rotatable bonds is 10. The number of aromatic nitrogens is 3. The third-order valence-electron chi connectivity index (χ3n) is 6.99. The van der Waals surface area contributed by atoms with Gasteiger partial charge in [-0.25, -0.2) is 28.0 Å². The number of primary sulfonamides is 1. The van der Waals surface area contributed by atoms with Gasteiger partial charge in [0.2, 0.25) is 15.2 Å². The zero-order chi connectivity index (χ0) is 28.6. The second-order valence-corrected chi connectivity index (χ2v) is 12.5. The van der Waals surface area contributed by atoms with Crippen LogP contribution in [0.5, 0.6) is 0 Å². The Kier molecular flexibility index (Phi) is 7.16. The molecular formula is C30H27N5O4S2. The number of benzene rings is 3. The molecule has 6 rings (SSSR count). The molecule has 5 aromatic rings. The van der Waals surface area contributed by atoms with E-state index in [4.69, 9.17) is 10.2 Å². The topological polar surface area (TPSA) is 140 Å². The number of thiazole rings is 1. The Labute approximate surface area is 241 Å². The summed E-state index contributed by atoms with van der Waals surface area (Å²) >= 11 is 1.24. The normalized spacial score (nSPS) is 13.3. The zero-order valence-electron chi connectivity index (χ0n) is 21.9. The van der Waals surface area contributed by atoms with Crippen LogP contribution < -0.4 is 10.5 Å². The molecule has 0 unspecified atom stereocenters. The van der Waals surface area contributed by atoms with Crippen molar-refractivity contribution in [2.45, 2.75) is 30.6 Å². The van der Waals surface area contributed by atoms with E-state index in [1.807, 2.05) is 54.6 Å². The van der Waals surface area contributed by atoms with Crippen LogP contribution in [0.15, 0.2) is 89.1 Å². The van der Waals surface area contributed by atoms with Crippen molar-refractivity contribution in [2.75, 3.05) is 5.32 Å². The summed E-state index contributed by atoms with van der Waals surface area (Å²) in [6, 6.07) is 24.4. The summed E-state index contributed by atoms with van der Waals surface area (Å²) in [4.78, 5) is 16.0. The average Bonchev–Trinajstić information content (AvgIpc) is 3.51. The fraction of sp³-hybridized carbons (Fsp3) is 0.167. The van der Waals surface area contributed by atoms with Crippen LogP contribution >= 0.6 is 11.3 Å². The molecule has 0 spiro atoms. The SMILES string of the molecule is NS(=O)(=O)c1ccc(Cc2c(-c3cccc(Nc4ccccc4)c3)nn(-c3nc(C(=O)O)cs3)c2CC2CC2)cc1. The van der Waals surface area contributed by atoms with Crippen LogP contribution in [0.1, 0.15) is 40.2 Å². The van der Waals surface area contributed by atoms with Crippen molar-refractivity contribution in [1.82, 2.24) is 14.8 Å². The number of para-hydroxylation sites is 1. The van der Waals surface area contributed by atoms with Crippen LogP contribution in [-0.2, 0) is 22.9 Å². The Morgan fingerprint density at radius 2 is 1.76 bits per heavy atom. The summed E-state index contributed by atoms with van der Waals surface area (Å²) in [5, 5.41) is 25.3. The molecule has 2 heterocycles. The van der Waals surface area contributed by atoms with Crippen molar-refractivity contribution < 1.29 is 18.3 Å². The summed E-state index contributed by atoms with van der Waals surface area (Å²) < 4.78 is 25.4. The number of anilines is 2. The summed E-state index contributed by atoms with van der Waals surface area (Å²) in [5.41, 5.74) is 6.37. The van der Waals surface area contributed by atoms with Gasteiger partial charge in [-0.1, -0.05) is 42.5 Å². The third-order valence-corrected chi connectivity index (χ3v) is 8.74. The second-order valence-electron chi connectivity index (χ2n) is 10.1. The molecule has 1 fully saturated rings. The molecule has 208 valence electrons. The van der Waals surface area contributed by atoms with E-state index >= 15 is 0 Å². The highest BCUT2D eigenvalue weighted by atomic mass is 32.2. The maximum atomic E-state index is 11.8. The Bertz CT molecular complexity index is 1830. The first-order valence-electron chi connectivity index (χ1n) is 13.1. The Morgan fingerprint density at radius 3 is 2.41 bits per heavy atom. The number of hydrogen-bond acceptors (Lipinski definition) is 7. The van der Waals surface area contributed by atoms with E-state index in [1.54, 1.807) is 16.8 Å². The average molecular weight is 586 g/mol. The zero-order valence-corrected chi connectivity index (χ0v) is 23.5. The predicted molar refractivity (Wildman–Crippen MR) is 158 cm³/mol. The fourth-order valence-electron chi connectivity index (χ4n) is 4.76.